The molecular weight excluding hydrogens is 540 g/mol. The molecule has 0 saturated carbocycles. The Hall–Kier alpha value is -2.62. The molecule has 3 atom stereocenters. The van der Waals surface area contributed by atoms with Crippen LogP contribution in [-0.2, 0) is 20.0 Å². The van der Waals surface area contributed by atoms with E-state index in [0.29, 0.717) is 23.7 Å². The maximum Gasteiger partial charge on any atom is 0.247 e. The van der Waals surface area contributed by atoms with Crippen LogP contribution in [0.15, 0.2) is 52.3 Å². The summed E-state index contributed by atoms with van der Waals surface area (Å²) in [6.07, 6.45) is -0.0122. The van der Waals surface area contributed by atoms with Crippen LogP contribution in [0.3, 0.4) is 0 Å². The maximum absolute atomic E-state index is 13.7. The molecule has 214 valence electrons. The molecule has 0 aliphatic carbocycles. The molecule has 39 heavy (non-hydrogen) atoms. The van der Waals surface area contributed by atoms with E-state index in [1.165, 1.54) is 41.0 Å². The fourth-order valence-corrected chi connectivity index (χ4v) is 7.22. The third kappa shape index (κ3) is 7.13. The van der Waals surface area contributed by atoms with Crippen molar-refractivity contribution in [2.75, 3.05) is 33.9 Å². The number of aliphatic hydroxyl groups excluding tert-OH is 1. The van der Waals surface area contributed by atoms with Gasteiger partial charge in [0.1, 0.15) is 22.5 Å². The second-order valence-electron chi connectivity index (χ2n) is 10.3. The first-order chi connectivity index (χ1) is 18.3. The summed E-state index contributed by atoms with van der Waals surface area (Å²) >= 11 is 0. The van der Waals surface area contributed by atoms with Gasteiger partial charge in [-0.25, -0.2) is 16.8 Å². The third-order valence-corrected chi connectivity index (χ3v) is 10.4. The number of ether oxygens (including phenoxy) is 2. The highest BCUT2D eigenvalue weighted by Gasteiger charge is 2.39. The topological polar surface area (TPSA) is 113 Å². The van der Waals surface area contributed by atoms with E-state index in [0.717, 1.165) is 0 Å². The van der Waals surface area contributed by atoms with E-state index in [1.54, 1.807) is 38.1 Å². The van der Waals surface area contributed by atoms with Crippen molar-refractivity contribution in [3.63, 3.8) is 0 Å². The van der Waals surface area contributed by atoms with Crippen molar-refractivity contribution >= 4 is 20.0 Å². The van der Waals surface area contributed by atoms with Crippen LogP contribution in [0.4, 0.5) is 0 Å². The molecule has 9 nitrogen and oxygen atoms in total. The highest BCUT2D eigenvalue weighted by Crippen LogP contribution is 2.34. The van der Waals surface area contributed by atoms with Gasteiger partial charge in [-0.1, -0.05) is 38.7 Å². The van der Waals surface area contributed by atoms with Crippen molar-refractivity contribution in [3.8, 4) is 23.3 Å². The summed E-state index contributed by atoms with van der Waals surface area (Å²) in [7, 11) is -4.99. The Bertz CT molecular complexity index is 1430. The fraction of sp³-hybridized carbons (Fsp3) is 0.500. The average Bonchev–Trinajstić information content (AvgIpc) is 2.89. The Morgan fingerprint density at radius 1 is 1.21 bits per heavy atom. The minimum Gasteiger partial charge on any atom is -0.497 e. The fourth-order valence-electron chi connectivity index (χ4n) is 4.17. The van der Waals surface area contributed by atoms with Gasteiger partial charge in [-0.05, 0) is 43.2 Å². The normalized spacial score (nSPS) is 20.2. The summed E-state index contributed by atoms with van der Waals surface area (Å²) < 4.78 is 68.0. The molecule has 0 aromatic heterocycles. The molecule has 0 saturated heterocycles. The van der Waals surface area contributed by atoms with E-state index in [4.69, 9.17) is 9.47 Å². The van der Waals surface area contributed by atoms with Gasteiger partial charge in [0.15, 0.2) is 0 Å². The van der Waals surface area contributed by atoms with E-state index in [1.807, 2.05) is 0 Å². The van der Waals surface area contributed by atoms with E-state index in [2.05, 4.69) is 25.7 Å². The highest BCUT2D eigenvalue weighted by atomic mass is 32.2. The zero-order valence-corrected chi connectivity index (χ0v) is 24.9. The largest absolute Gasteiger partial charge is 0.497 e. The van der Waals surface area contributed by atoms with Gasteiger partial charge in [0.05, 0.1) is 25.2 Å². The summed E-state index contributed by atoms with van der Waals surface area (Å²) in [5.41, 5.74) is 0.593. The molecule has 0 bridgehead atoms. The lowest BCUT2D eigenvalue weighted by Gasteiger charge is -2.37. The molecule has 1 aliphatic heterocycles. The van der Waals surface area contributed by atoms with Gasteiger partial charge in [0.25, 0.3) is 0 Å². The van der Waals surface area contributed by atoms with E-state index >= 15 is 0 Å². The summed E-state index contributed by atoms with van der Waals surface area (Å²) in [6, 6.07) is 10.2. The Labute approximate surface area is 232 Å². The molecule has 0 unspecified atom stereocenters. The number of hydrogen-bond acceptors (Lipinski definition) is 7. The number of methoxy groups -OCH3 is 1. The molecule has 1 N–H and O–H groups in total. The molecule has 2 aromatic rings. The zero-order chi connectivity index (χ0) is 29.0. The van der Waals surface area contributed by atoms with Crippen LogP contribution in [0.25, 0.3) is 0 Å². The SMILES string of the molecule is COc1cccc(S(=O)(=O)N(C)C[C@H]2Oc3cc(C#CCC(C)C)ccc3S(=O)(=O)N([C@H](C)CO)C[C@H]2C)c1. The predicted octanol–water partition coefficient (Wildman–Crippen LogP) is 3.18. The number of aliphatic hydroxyl groups is 1. The standard InChI is InChI=1S/C28H38N2O7S2/c1-20(2)9-7-10-23-13-14-28-26(15-23)37-27(21(3)17-30(22(4)19-31)39(28,34)35)18-29(5)38(32,33)25-12-8-11-24(16-25)36-6/h8,11-16,20-22,27,31H,9,17-19H2,1-6H3/t21-,22-,27-/m1/s1. The third-order valence-electron chi connectivity index (χ3n) is 6.60. The molecule has 0 amide bonds. The molecule has 3 rings (SSSR count). The number of rotatable bonds is 8. The molecule has 1 aliphatic rings. The van der Waals surface area contributed by atoms with Crippen LogP contribution < -0.4 is 9.47 Å². The van der Waals surface area contributed by atoms with Crippen molar-refractivity contribution in [2.24, 2.45) is 11.8 Å². The molecule has 0 spiro atoms. The zero-order valence-electron chi connectivity index (χ0n) is 23.3. The maximum atomic E-state index is 13.7. The Kier molecular flexibility index (Phi) is 10.1. The predicted molar refractivity (Wildman–Crippen MR) is 150 cm³/mol. The minimum absolute atomic E-state index is 0.0369. The summed E-state index contributed by atoms with van der Waals surface area (Å²) in [4.78, 5) is 0.0245. The number of hydrogen-bond donors (Lipinski definition) is 1. The van der Waals surface area contributed by atoms with Gasteiger partial charge in [0.2, 0.25) is 20.0 Å². The molecular formula is C28H38N2O7S2. The summed E-state index contributed by atoms with van der Waals surface area (Å²) in [5, 5.41) is 9.84. The first-order valence-corrected chi connectivity index (χ1v) is 15.7. The number of nitrogens with zero attached hydrogens (tertiary/aromatic N) is 2. The second-order valence-corrected chi connectivity index (χ2v) is 14.2. The van der Waals surface area contributed by atoms with Crippen LogP contribution in [0.5, 0.6) is 11.5 Å². The van der Waals surface area contributed by atoms with Crippen molar-refractivity contribution in [2.45, 2.75) is 56.1 Å². The van der Waals surface area contributed by atoms with Crippen LogP contribution in [-0.4, -0.2) is 76.6 Å². The Morgan fingerprint density at radius 3 is 2.56 bits per heavy atom. The smallest absolute Gasteiger partial charge is 0.247 e. The van der Waals surface area contributed by atoms with Gasteiger partial charge < -0.3 is 14.6 Å². The number of fused-ring (bicyclic) bond motifs is 1. The van der Waals surface area contributed by atoms with Crippen molar-refractivity contribution in [1.82, 2.24) is 8.61 Å². The first kappa shape index (κ1) is 30.9. The second kappa shape index (κ2) is 12.7. The number of benzene rings is 2. The monoisotopic (exact) mass is 578 g/mol. The lowest BCUT2D eigenvalue weighted by atomic mass is 10.0. The Balaban J connectivity index is 2.04. The average molecular weight is 579 g/mol. The lowest BCUT2D eigenvalue weighted by Crippen LogP contribution is -2.50. The molecule has 1 heterocycles. The van der Waals surface area contributed by atoms with Gasteiger partial charge in [-0.15, -0.1) is 0 Å². The highest BCUT2D eigenvalue weighted by molar-refractivity contribution is 7.89. The van der Waals surface area contributed by atoms with Crippen molar-refractivity contribution < 1.29 is 31.4 Å². The molecule has 11 heteroatoms. The van der Waals surface area contributed by atoms with Gasteiger partial charge in [0, 0.05) is 43.6 Å². The quantitative estimate of drug-likeness (QED) is 0.479. The van der Waals surface area contributed by atoms with Crippen molar-refractivity contribution in [1.29, 1.82) is 0 Å². The first-order valence-electron chi connectivity index (χ1n) is 12.8. The van der Waals surface area contributed by atoms with Crippen LogP contribution >= 0.6 is 0 Å². The van der Waals surface area contributed by atoms with Gasteiger partial charge in [-0.3, -0.25) is 0 Å². The van der Waals surface area contributed by atoms with E-state index in [9.17, 15) is 21.9 Å². The van der Waals surface area contributed by atoms with Crippen molar-refractivity contribution in [3.05, 3.63) is 48.0 Å². The Morgan fingerprint density at radius 2 is 1.92 bits per heavy atom. The minimum atomic E-state index is -4.01. The number of likely N-dealkylation sites (N-methyl/N-ethyl adjacent to an activating group) is 1. The number of sulfonamides is 2. The van der Waals surface area contributed by atoms with E-state index in [-0.39, 0.29) is 35.2 Å². The lowest BCUT2D eigenvalue weighted by molar-refractivity contribution is 0.0904. The molecule has 0 fully saturated rings. The summed E-state index contributed by atoms with van der Waals surface area (Å²) in [5.74, 6) is 6.65. The molecule has 2 aromatic carbocycles. The van der Waals surface area contributed by atoms with Crippen LogP contribution in [0, 0.1) is 23.7 Å². The van der Waals surface area contributed by atoms with Gasteiger partial charge >= 0.3 is 0 Å². The summed E-state index contributed by atoms with van der Waals surface area (Å²) in [6.45, 7) is 7.19. The van der Waals surface area contributed by atoms with E-state index < -0.39 is 38.1 Å². The van der Waals surface area contributed by atoms with Gasteiger partial charge in [-0.2, -0.15) is 8.61 Å². The molecule has 0 radical (unpaired) electrons. The van der Waals surface area contributed by atoms with Crippen LogP contribution in [0.2, 0.25) is 0 Å². The van der Waals surface area contributed by atoms with Crippen LogP contribution in [0.1, 0.15) is 39.7 Å².